The topological polar surface area (TPSA) is 120 Å². The fourth-order valence-electron chi connectivity index (χ4n) is 2.66. The van der Waals surface area contributed by atoms with E-state index in [0.29, 0.717) is 11.3 Å². The summed E-state index contributed by atoms with van der Waals surface area (Å²) in [5.74, 6) is -1.09. The van der Waals surface area contributed by atoms with Crippen LogP contribution in [-0.2, 0) is 10.0 Å². The molecule has 2 amide bonds. The van der Waals surface area contributed by atoms with Crippen molar-refractivity contribution in [2.45, 2.75) is 18.7 Å². The summed E-state index contributed by atoms with van der Waals surface area (Å²) in [6.45, 7) is 3.52. The van der Waals surface area contributed by atoms with Crippen LogP contribution in [0.15, 0.2) is 65.7 Å². The van der Waals surface area contributed by atoms with E-state index in [1.165, 1.54) is 18.2 Å². The van der Waals surface area contributed by atoms with Gasteiger partial charge in [0.1, 0.15) is 5.69 Å². The molecule has 29 heavy (non-hydrogen) atoms. The standard InChI is InChI=1S/C20H20N4O4S/c1-13-8-9-14(2)18(11-13)29(27,28)24-16-6-3-5-15(12-16)19(25)22-23-20(26)17-7-4-10-21-17/h3-12,21,24H,1-2H3,(H,22,25)(H,23,26). The maximum atomic E-state index is 12.7. The molecule has 0 aliphatic heterocycles. The number of nitrogens with one attached hydrogen (secondary N) is 4. The number of hydrogen-bond acceptors (Lipinski definition) is 4. The molecule has 1 aromatic heterocycles. The van der Waals surface area contributed by atoms with Crippen LogP contribution in [0.3, 0.4) is 0 Å². The molecule has 150 valence electrons. The number of amides is 2. The molecule has 0 spiro atoms. The Kier molecular flexibility index (Phi) is 5.69. The van der Waals surface area contributed by atoms with Crippen LogP contribution in [0.25, 0.3) is 0 Å². The minimum absolute atomic E-state index is 0.172. The molecule has 3 aromatic rings. The lowest BCUT2D eigenvalue weighted by Gasteiger charge is -2.12. The first kappa shape index (κ1) is 20.2. The zero-order valence-corrected chi connectivity index (χ0v) is 16.6. The molecule has 0 saturated heterocycles. The Morgan fingerprint density at radius 1 is 0.897 bits per heavy atom. The van der Waals surface area contributed by atoms with E-state index in [0.717, 1.165) is 5.56 Å². The molecule has 0 saturated carbocycles. The van der Waals surface area contributed by atoms with Gasteiger partial charge >= 0.3 is 0 Å². The highest BCUT2D eigenvalue weighted by molar-refractivity contribution is 7.92. The number of rotatable bonds is 5. The van der Waals surface area contributed by atoms with Crippen LogP contribution in [0.5, 0.6) is 0 Å². The number of H-pyrrole nitrogens is 1. The molecule has 3 rings (SSSR count). The molecule has 0 aliphatic carbocycles. The Labute approximate surface area is 168 Å². The summed E-state index contributed by atoms with van der Waals surface area (Å²) in [5, 5.41) is 0. The molecule has 9 heteroatoms. The number of aromatic amines is 1. The first-order chi connectivity index (χ1) is 13.8. The minimum atomic E-state index is -3.82. The third-order valence-corrected chi connectivity index (χ3v) is 5.67. The normalized spacial score (nSPS) is 11.0. The van der Waals surface area contributed by atoms with E-state index in [1.54, 1.807) is 43.5 Å². The molecule has 8 nitrogen and oxygen atoms in total. The molecular formula is C20H20N4O4S. The molecule has 1 heterocycles. The predicted octanol–water partition coefficient (Wildman–Crippen LogP) is 2.51. The molecule has 0 unspecified atom stereocenters. The Bertz CT molecular complexity index is 1150. The summed E-state index contributed by atoms with van der Waals surface area (Å²) in [5.41, 5.74) is 6.71. The number of carbonyl (C=O) groups is 2. The van der Waals surface area contributed by atoms with Crippen molar-refractivity contribution in [3.05, 3.63) is 83.2 Å². The summed E-state index contributed by atoms with van der Waals surface area (Å²) in [7, 11) is -3.82. The summed E-state index contributed by atoms with van der Waals surface area (Å²) in [4.78, 5) is 27.0. The van der Waals surface area contributed by atoms with Crippen LogP contribution in [0, 0.1) is 13.8 Å². The quantitative estimate of drug-likeness (QED) is 0.481. The van der Waals surface area contributed by atoms with Crippen molar-refractivity contribution in [1.29, 1.82) is 0 Å². The van der Waals surface area contributed by atoms with Gasteiger partial charge in [0.15, 0.2) is 0 Å². The van der Waals surface area contributed by atoms with Crippen LogP contribution in [0.2, 0.25) is 0 Å². The summed E-state index contributed by atoms with van der Waals surface area (Å²) < 4.78 is 27.9. The average Bonchev–Trinajstić information content (AvgIpc) is 3.22. The second kappa shape index (κ2) is 8.19. The van der Waals surface area contributed by atoms with Gasteiger partial charge < -0.3 is 4.98 Å². The first-order valence-electron chi connectivity index (χ1n) is 8.70. The predicted molar refractivity (Wildman–Crippen MR) is 109 cm³/mol. The minimum Gasteiger partial charge on any atom is -0.357 e. The van der Waals surface area contributed by atoms with Crippen LogP contribution in [0.1, 0.15) is 32.0 Å². The number of aryl methyl sites for hydroxylation is 2. The van der Waals surface area contributed by atoms with Gasteiger partial charge in [-0.25, -0.2) is 8.42 Å². The van der Waals surface area contributed by atoms with Gasteiger partial charge in [-0.05, 0) is 61.4 Å². The van der Waals surface area contributed by atoms with E-state index in [-0.39, 0.29) is 16.1 Å². The van der Waals surface area contributed by atoms with E-state index in [2.05, 4.69) is 20.6 Å². The second-order valence-corrected chi connectivity index (χ2v) is 8.10. The van der Waals surface area contributed by atoms with E-state index in [4.69, 9.17) is 0 Å². The highest BCUT2D eigenvalue weighted by atomic mass is 32.2. The van der Waals surface area contributed by atoms with Crippen molar-refractivity contribution in [2.24, 2.45) is 0 Å². The number of carbonyl (C=O) groups excluding carboxylic acids is 2. The third-order valence-electron chi connectivity index (χ3n) is 4.14. The maximum Gasteiger partial charge on any atom is 0.286 e. The van der Waals surface area contributed by atoms with Gasteiger partial charge in [0.2, 0.25) is 0 Å². The molecule has 0 atom stereocenters. The SMILES string of the molecule is Cc1ccc(C)c(S(=O)(=O)Nc2cccc(C(=O)NNC(=O)c3ccc[nH]3)c2)c1. The monoisotopic (exact) mass is 412 g/mol. The number of aromatic nitrogens is 1. The van der Waals surface area contributed by atoms with Gasteiger partial charge in [0, 0.05) is 17.4 Å². The number of sulfonamides is 1. The average molecular weight is 412 g/mol. The molecule has 0 radical (unpaired) electrons. The van der Waals surface area contributed by atoms with Crippen molar-refractivity contribution >= 4 is 27.5 Å². The molecule has 0 aliphatic rings. The van der Waals surface area contributed by atoms with E-state index in [1.807, 2.05) is 13.0 Å². The lowest BCUT2D eigenvalue weighted by molar-refractivity contribution is 0.0844. The fourth-order valence-corrected chi connectivity index (χ4v) is 4.04. The third kappa shape index (κ3) is 4.82. The lowest BCUT2D eigenvalue weighted by Crippen LogP contribution is -2.41. The van der Waals surface area contributed by atoms with Crippen molar-refractivity contribution < 1.29 is 18.0 Å². The Morgan fingerprint density at radius 2 is 1.66 bits per heavy atom. The van der Waals surface area contributed by atoms with E-state index >= 15 is 0 Å². The molecular weight excluding hydrogens is 392 g/mol. The van der Waals surface area contributed by atoms with Crippen molar-refractivity contribution in [3.63, 3.8) is 0 Å². The number of anilines is 1. The summed E-state index contributed by atoms with van der Waals surface area (Å²) in [6, 6.07) is 14.3. The molecule has 4 N–H and O–H groups in total. The van der Waals surface area contributed by atoms with Crippen molar-refractivity contribution in [2.75, 3.05) is 4.72 Å². The number of hydrazine groups is 1. The van der Waals surface area contributed by atoms with Crippen LogP contribution >= 0.6 is 0 Å². The second-order valence-electron chi connectivity index (χ2n) is 6.45. The van der Waals surface area contributed by atoms with Gasteiger partial charge in [0.05, 0.1) is 4.90 Å². The zero-order chi connectivity index (χ0) is 21.0. The van der Waals surface area contributed by atoms with Crippen LogP contribution in [0.4, 0.5) is 5.69 Å². The smallest absolute Gasteiger partial charge is 0.286 e. The Hall–Kier alpha value is -3.59. The van der Waals surface area contributed by atoms with Gasteiger partial charge in [-0.3, -0.25) is 25.2 Å². The zero-order valence-electron chi connectivity index (χ0n) is 15.8. The van der Waals surface area contributed by atoms with Gasteiger partial charge in [0.25, 0.3) is 21.8 Å². The summed E-state index contributed by atoms with van der Waals surface area (Å²) >= 11 is 0. The van der Waals surface area contributed by atoms with E-state index in [9.17, 15) is 18.0 Å². The number of benzene rings is 2. The van der Waals surface area contributed by atoms with Crippen molar-refractivity contribution in [1.82, 2.24) is 15.8 Å². The number of hydrogen-bond donors (Lipinski definition) is 4. The lowest BCUT2D eigenvalue weighted by atomic mass is 10.2. The Morgan fingerprint density at radius 3 is 2.38 bits per heavy atom. The van der Waals surface area contributed by atoms with E-state index < -0.39 is 21.8 Å². The van der Waals surface area contributed by atoms with Gasteiger partial charge in [-0.2, -0.15) is 0 Å². The summed E-state index contributed by atoms with van der Waals surface area (Å²) in [6.07, 6.45) is 1.59. The van der Waals surface area contributed by atoms with Crippen LogP contribution < -0.4 is 15.6 Å². The maximum absolute atomic E-state index is 12.7. The highest BCUT2D eigenvalue weighted by Crippen LogP contribution is 2.21. The van der Waals surface area contributed by atoms with Gasteiger partial charge in [-0.15, -0.1) is 0 Å². The van der Waals surface area contributed by atoms with Gasteiger partial charge in [-0.1, -0.05) is 18.2 Å². The first-order valence-corrected chi connectivity index (χ1v) is 10.2. The molecule has 0 fully saturated rings. The Balaban J connectivity index is 1.72. The highest BCUT2D eigenvalue weighted by Gasteiger charge is 2.18. The largest absolute Gasteiger partial charge is 0.357 e. The fraction of sp³-hybridized carbons (Fsp3) is 0.100. The van der Waals surface area contributed by atoms with Crippen molar-refractivity contribution in [3.8, 4) is 0 Å². The molecule has 0 bridgehead atoms. The van der Waals surface area contributed by atoms with Crippen LogP contribution in [-0.4, -0.2) is 25.2 Å². The molecule has 2 aromatic carbocycles.